The van der Waals surface area contributed by atoms with E-state index in [0.29, 0.717) is 8.42 Å². The van der Waals surface area contributed by atoms with Crippen molar-refractivity contribution >= 4 is 28.9 Å². The van der Waals surface area contributed by atoms with Crippen LogP contribution in [0.1, 0.15) is 6.92 Å². The molecule has 1 radical (unpaired) electrons. The van der Waals surface area contributed by atoms with Gasteiger partial charge in [0.15, 0.2) is 0 Å². The summed E-state index contributed by atoms with van der Waals surface area (Å²) in [6, 6.07) is 0. The molecule has 0 amide bonds. The van der Waals surface area contributed by atoms with Crippen LogP contribution in [0.25, 0.3) is 5.09 Å². The number of nitrogens with zero attached hydrogens (tertiary/aromatic N) is 1. The van der Waals surface area contributed by atoms with E-state index in [0.717, 1.165) is 0 Å². The first-order valence-electron chi connectivity index (χ1n) is 3.08. The standard InChI is InChI=1S/C6H11NO2P2.Y/c1-4(8)6(5(2)9)3-7-11-10;/h6,11H,1,3,10H2,2H3;/q-2;. The first-order valence-corrected chi connectivity index (χ1v) is 5.83. The second-order valence-electron chi connectivity index (χ2n) is 2.10. The second-order valence-corrected chi connectivity index (χ2v) is 3.45. The van der Waals surface area contributed by atoms with Gasteiger partial charge < -0.3 is 16.8 Å². The molecule has 0 aliphatic heterocycles. The fourth-order valence-corrected chi connectivity index (χ4v) is 1.21. The Balaban J connectivity index is 0. The zero-order valence-electron chi connectivity index (χ0n) is 6.91. The molecule has 0 aromatic rings. The van der Waals surface area contributed by atoms with Gasteiger partial charge in [-0.2, -0.15) is 0 Å². The zero-order valence-corrected chi connectivity index (χ0v) is 11.9. The average molecular weight is 280 g/mol. The molecule has 0 heterocycles. The van der Waals surface area contributed by atoms with E-state index in [2.05, 4.69) is 20.9 Å². The van der Waals surface area contributed by atoms with Crippen LogP contribution in [0.4, 0.5) is 0 Å². The number of Topliss-reactive ketones (excluding diaryl/α,β-unsaturated/α-hetero) is 2. The van der Waals surface area contributed by atoms with Crippen LogP contribution >= 0.6 is 17.3 Å². The normalized spacial score (nSPS) is 12.5. The first kappa shape index (κ1) is 15.6. The number of rotatable bonds is 5. The summed E-state index contributed by atoms with van der Waals surface area (Å²) in [7, 11) is 2.77. The molecule has 0 N–H and O–H groups in total. The van der Waals surface area contributed by atoms with Crippen molar-refractivity contribution in [3.63, 3.8) is 0 Å². The summed E-state index contributed by atoms with van der Waals surface area (Å²) < 4.78 is 0. The molecule has 67 valence electrons. The quantitative estimate of drug-likeness (QED) is 0.433. The topological polar surface area (TPSA) is 48.2 Å². The Bertz CT molecular complexity index is 152. The summed E-state index contributed by atoms with van der Waals surface area (Å²) >= 11 is 0. The monoisotopic (exact) mass is 280 g/mol. The van der Waals surface area contributed by atoms with E-state index in [1.54, 1.807) is 0 Å². The van der Waals surface area contributed by atoms with Gasteiger partial charge in [-0.25, -0.2) is 8.42 Å². The molecule has 0 bridgehead atoms. The molecule has 0 fully saturated rings. The number of carbonyl (C=O) groups excluding carboxylic acids is 2. The van der Waals surface area contributed by atoms with Crippen LogP contribution < -0.4 is 0 Å². The molecule has 0 saturated heterocycles. The predicted octanol–water partition coefficient (Wildman–Crippen LogP) is 1.35. The molecular weight excluding hydrogens is 269 g/mol. The number of ketones is 2. The minimum atomic E-state index is -0.622. The molecule has 0 saturated carbocycles. The zero-order chi connectivity index (χ0) is 8.85. The predicted molar refractivity (Wildman–Crippen MR) is 50.8 cm³/mol. The smallest absolute Gasteiger partial charge is 0.135 e. The molecular formula is C6H11NO2P2Y-2. The molecule has 3 nitrogen and oxygen atoms in total. The van der Waals surface area contributed by atoms with E-state index in [1.807, 2.05) is 0 Å². The van der Waals surface area contributed by atoms with Crippen molar-refractivity contribution in [1.82, 2.24) is 0 Å². The van der Waals surface area contributed by atoms with Crippen molar-refractivity contribution in [3.05, 3.63) is 12.0 Å². The molecule has 0 rings (SSSR count). The second kappa shape index (κ2) is 8.72. The van der Waals surface area contributed by atoms with E-state index < -0.39 is 5.92 Å². The van der Waals surface area contributed by atoms with Crippen LogP contribution in [0, 0.1) is 12.8 Å². The maximum atomic E-state index is 10.8. The van der Waals surface area contributed by atoms with Crippen LogP contribution in [0.2, 0.25) is 0 Å². The van der Waals surface area contributed by atoms with Gasteiger partial charge in [-0.1, -0.05) is 0 Å². The Morgan fingerprint density at radius 2 is 2.17 bits per heavy atom. The van der Waals surface area contributed by atoms with Crippen LogP contribution in [0.15, 0.2) is 0 Å². The maximum Gasteiger partial charge on any atom is 0.135 e. The molecule has 12 heavy (non-hydrogen) atoms. The summed E-state index contributed by atoms with van der Waals surface area (Å²) in [5.41, 5.74) is 0. The maximum absolute atomic E-state index is 10.8. The van der Waals surface area contributed by atoms with Gasteiger partial charge in [-0.15, -0.1) is 15.5 Å². The van der Waals surface area contributed by atoms with E-state index in [-0.39, 0.29) is 50.8 Å². The third-order valence-electron chi connectivity index (χ3n) is 1.24. The average Bonchev–Trinajstić information content (AvgIpc) is 1.87. The van der Waals surface area contributed by atoms with Crippen molar-refractivity contribution in [2.45, 2.75) is 6.92 Å². The van der Waals surface area contributed by atoms with Crippen LogP contribution in [0.5, 0.6) is 0 Å². The van der Waals surface area contributed by atoms with Gasteiger partial charge in [0.1, 0.15) is 5.78 Å². The summed E-state index contributed by atoms with van der Waals surface area (Å²) in [5.74, 6) is -1.12. The van der Waals surface area contributed by atoms with Gasteiger partial charge in [0.05, 0.1) is 0 Å². The van der Waals surface area contributed by atoms with Gasteiger partial charge in [0.25, 0.3) is 0 Å². The first-order chi connectivity index (χ1) is 5.09. The number of carbonyl (C=O) groups is 2. The molecule has 0 aliphatic carbocycles. The molecule has 0 aromatic heterocycles. The van der Waals surface area contributed by atoms with Crippen LogP contribution in [0.3, 0.4) is 0 Å². The Hall–Kier alpha value is 1.13. The molecule has 3 unspecified atom stereocenters. The van der Waals surface area contributed by atoms with Crippen molar-refractivity contribution in [2.75, 3.05) is 6.54 Å². The van der Waals surface area contributed by atoms with Gasteiger partial charge in [0.2, 0.25) is 0 Å². The van der Waals surface area contributed by atoms with Gasteiger partial charge >= 0.3 is 0 Å². The fraction of sp³-hybridized carbons (Fsp3) is 0.500. The summed E-state index contributed by atoms with van der Waals surface area (Å²) in [5, 5.41) is 3.92. The van der Waals surface area contributed by atoms with Crippen molar-refractivity contribution in [2.24, 2.45) is 5.92 Å². The summed E-state index contributed by atoms with van der Waals surface area (Å²) in [6.45, 7) is 4.85. The molecule has 0 aromatic carbocycles. The van der Waals surface area contributed by atoms with E-state index in [9.17, 15) is 9.59 Å². The molecule has 0 aliphatic rings. The fourth-order valence-electron chi connectivity index (χ4n) is 0.601. The van der Waals surface area contributed by atoms with E-state index in [4.69, 9.17) is 0 Å². The minimum Gasteiger partial charge on any atom is -0.635 e. The Morgan fingerprint density at radius 1 is 1.67 bits per heavy atom. The SMILES string of the molecule is [CH2-]C(=O)C(C[N-]PP)C(C)=O.[Y]. The third kappa shape index (κ3) is 6.63. The third-order valence-corrected chi connectivity index (χ3v) is 2.16. The molecule has 3 atom stereocenters. The number of hydrogen-bond donors (Lipinski definition) is 0. The number of hydrogen-bond acceptors (Lipinski definition) is 2. The van der Waals surface area contributed by atoms with Crippen LogP contribution in [-0.2, 0) is 42.3 Å². The Kier molecular flexibility index (Phi) is 11.3. The van der Waals surface area contributed by atoms with Crippen molar-refractivity contribution in [3.8, 4) is 0 Å². The van der Waals surface area contributed by atoms with E-state index >= 15 is 0 Å². The molecule has 0 spiro atoms. The van der Waals surface area contributed by atoms with Gasteiger partial charge in [0, 0.05) is 44.4 Å². The Morgan fingerprint density at radius 3 is 2.42 bits per heavy atom. The van der Waals surface area contributed by atoms with Gasteiger partial charge in [-0.3, -0.25) is 4.79 Å². The summed E-state index contributed by atoms with van der Waals surface area (Å²) in [4.78, 5) is 21.5. The molecule has 6 heteroatoms. The summed E-state index contributed by atoms with van der Waals surface area (Å²) in [6.07, 6.45) is 0. The Labute approximate surface area is 102 Å². The van der Waals surface area contributed by atoms with E-state index in [1.165, 1.54) is 6.92 Å². The van der Waals surface area contributed by atoms with Crippen molar-refractivity contribution in [1.29, 1.82) is 0 Å². The van der Waals surface area contributed by atoms with Crippen LogP contribution in [-0.4, -0.2) is 18.1 Å². The minimum absolute atomic E-state index is 0. The van der Waals surface area contributed by atoms with Crippen molar-refractivity contribution < 1.29 is 42.3 Å². The van der Waals surface area contributed by atoms with Gasteiger partial charge in [-0.05, 0) is 6.92 Å². The largest absolute Gasteiger partial charge is 0.635 e.